The molecule has 0 aliphatic carbocycles. The first-order valence-electron chi connectivity index (χ1n) is 10.9. The van der Waals surface area contributed by atoms with Gasteiger partial charge in [0.2, 0.25) is 5.91 Å². The molecule has 0 saturated carbocycles. The molecule has 4 aromatic rings. The van der Waals surface area contributed by atoms with Gasteiger partial charge in [-0.25, -0.2) is 9.37 Å². The highest BCUT2D eigenvalue weighted by atomic mass is 19.1. The van der Waals surface area contributed by atoms with Crippen molar-refractivity contribution in [2.75, 3.05) is 38.2 Å². The minimum atomic E-state index is -0.382. The number of hydrogen-bond acceptors (Lipinski definition) is 5. The number of piperazine rings is 1. The van der Waals surface area contributed by atoms with Crippen LogP contribution in [0.15, 0.2) is 53.6 Å². The third kappa shape index (κ3) is 4.02. The number of halogens is 1. The molecule has 2 aromatic carbocycles. The summed E-state index contributed by atoms with van der Waals surface area (Å²) in [6.45, 7) is 2.99. The standard InChI is InChI=1S/C24H24FN5O3/c1-33-18-5-3-17(4-6-18)28-10-12-29(13-11-28)21(31)8-9-30-15-26-22-19-14-16(25)2-7-20(19)27-23(22)24(30)32/h2-7,14-15,27H,8-13H2,1H3. The third-order valence-electron chi connectivity index (χ3n) is 6.17. The Hall–Kier alpha value is -3.88. The Bertz CT molecular complexity index is 1370. The van der Waals surface area contributed by atoms with E-state index in [4.69, 9.17) is 4.74 Å². The zero-order chi connectivity index (χ0) is 22.9. The molecule has 3 heterocycles. The van der Waals surface area contributed by atoms with Crippen LogP contribution in [-0.2, 0) is 11.3 Å². The number of aromatic amines is 1. The number of methoxy groups -OCH3 is 1. The van der Waals surface area contributed by atoms with Gasteiger partial charge >= 0.3 is 0 Å². The second-order valence-corrected chi connectivity index (χ2v) is 8.10. The highest BCUT2D eigenvalue weighted by molar-refractivity contribution is 6.04. The number of ether oxygens (including phenoxy) is 1. The number of fused-ring (bicyclic) bond motifs is 3. The molecule has 1 aliphatic rings. The summed E-state index contributed by atoms with van der Waals surface area (Å²) in [5.74, 6) is 0.442. The van der Waals surface area contributed by atoms with Crippen LogP contribution in [0.4, 0.5) is 10.1 Å². The van der Waals surface area contributed by atoms with E-state index >= 15 is 0 Å². The van der Waals surface area contributed by atoms with Gasteiger partial charge in [0.15, 0.2) is 0 Å². The van der Waals surface area contributed by atoms with E-state index < -0.39 is 0 Å². The number of amides is 1. The number of benzene rings is 2. The third-order valence-corrected chi connectivity index (χ3v) is 6.17. The van der Waals surface area contributed by atoms with Gasteiger partial charge in [-0.3, -0.25) is 14.2 Å². The number of aromatic nitrogens is 3. The van der Waals surface area contributed by atoms with Crippen molar-refractivity contribution in [2.45, 2.75) is 13.0 Å². The van der Waals surface area contributed by atoms with Crippen LogP contribution in [0.25, 0.3) is 21.9 Å². The molecule has 1 fully saturated rings. The van der Waals surface area contributed by atoms with Crippen LogP contribution in [-0.4, -0.2) is 58.6 Å². The highest BCUT2D eigenvalue weighted by Crippen LogP contribution is 2.23. The number of nitrogens with zero attached hydrogens (tertiary/aromatic N) is 4. The molecule has 1 amide bonds. The summed E-state index contributed by atoms with van der Waals surface area (Å²) < 4.78 is 20.2. The van der Waals surface area contributed by atoms with Crippen LogP contribution >= 0.6 is 0 Å². The van der Waals surface area contributed by atoms with Crippen molar-refractivity contribution in [3.8, 4) is 5.75 Å². The van der Waals surface area contributed by atoms with Gasteiger partial charge in [0.05, 0.1) is 13.4 Å². The maximum absolute atomic E-state index is 13.6. The monoisotopic (exact) mass is 449 g/mol. The Morgan fingerprint density at radius 1 is 1.12 bits per heavy atom. The lowest BCUT2D eigenvalue weighted by Gasteiger charge is -2.36. The molecule has 0 unspecified atom stereocenters. The van der Waals surface area contributed by atoms with E-state index in [-0.39, 0.29) is 30.2 Å². The Morgan fingerprint density at radius 2 is 1.88 bits per heavy atom. The summed E-state index contributed by atoms with van der Waals surface area (Å²) in [5.41, 5.74) is 2.24. The summed E-state index contributed by atoms with van der Waals surface area (Å²) in [6.07, 6.45) is 1.64. The van der Waals surface area contributed by atoms with E-state index in [0.717, 1.165) is 24.5 Å². The van der Waals surface area contributed by atoms with E-state index in [1.54, 1.807) is 13.2 Å². The molecule has 0 bridgehead atoms. The van der Waals surface area contributed by atoms with Gasteiger partial charge < -0.3 is 19.5 Å². The molecule has 2 aromatic heterocycles. The molecule has 0 radical (unpaired) electrons. The second kappa shape index (κ2) is 8.57. The Labute approximate surface area is 189 Å². The molecule has 9 heteroatoms. The molecule has 0 spiro atoms. The predicted octanol–water partition coefficient (Wildman–Crippen LogP) is 2.76. The average Bonchev–Trinajstić information content (AvgIpc) is 3.22. The van der Waals surface area contributed by atoms with Crippen molar-refractivity contribution >= 4 is 33.5 Å². The van der Waals surface area contributed by atoms with Crippen molar-refractivity contribution in [1.29, 1.82) is 0 Å². The lowest BCUT2D eigenvalue weighted by Crippen LogP contribution is -2.49. The van der Waals surface area contributed by atoms with Crippen molar-refractivity contribution in [2.24, 2.45) is 0 Å². The van der Waals surface area contributed by atoms with Crippen LogP contribution in [0.1, 0.15) is 6.42 Å². The number of carbonyl (C=O) groups excluding carboxylic acids is 1. The smallest absolute Gasteiger partial charge is 0.277 e. The molecule has 33 heavy (non-hydrogen) atoms. The van der Waals surface area contributed by atoms with Crippen molar-refractivity contribution in [3.05, 3.63) is 65.0 Å². The number of rotatable bonds is 5. The van der Waals surface area contributed by atoms with Gasteiger partial charge in [0.1, 0.15) is 22.6 Å². The molecule has 1 aliphatic heterocycles. The van der Waals surface area contributed by atoms with Crippen LogP contribution < -0.4 is 15.2 Å². The summed E-state index contributed by atoms with van der Waals surface area (Å²) in [6, 6.07) is 12.2. The predicted molar refractivity (Wildman–Crippen MR) is 124 cm³/mol. The molecule has 0 atom stereocenters. The summed E-state index contributed by atoms with van der Waals surface area (Å²) in [5, 5.41) is 0.569. The van der Waals surface area contributed by atoms with E-state index in [9.17, 15) is 14.0 Å². The molecule has 5 rings (SSSR count). The lowest BCUT2D eigenvalue weighted by molar-refractivity contribution is -0.131. The summed E-state index contributed by atoms with van der Waals surface area (Å²) in [4.78, 5) is 37.1. The average molecular weight is 449 g/mol. The van der Waals surface area contributed by atoms with Crippen LogP contribution in [0.5, 0.6) is 5.75 Å². The molecule has 8 nitrogen and oxygen atoms in total. The first-order valence-corrected chi connectivity index (χ1v) is 10.9. The Kier molecular flexibility index (Phi) is 5.45. The SMILES string of the molecule is COc1ccc(N2CCN(C(=O)CCn3cnc4c([nH]c5ccc(F)cc54)c3=O)CC2)cc1. The van der Waals surface area contributed by atoms with Crippen molar-refractivity contribution in [1.82, 2.24) is 19.4 Å². The largest absolute Gasteiger partial charge is 0.497 e. The van der Waals surface area contributed by atoms with Crippen LogP contribution in [0.3, 0.4) is 0 Å². The maximum Gasteiger partial charge on any atom is 0.277 e. The Morgan fingerprint density at radius 3 is 2.61 bits per heavy atom. The normalized spacial score (nSPS) is 14.2. The fraction of sp³-hybridized carbons (Fsp3) is 0.292. The summed E-state index contributed by atoms with van der Waals surface area (Å²) >= 11 is 0. The maximum atomic E-state index is 13.6. The number of nitrogens with one attached hydrogen (secondary N) is 1. The molecule has 1 N–H and O–H groups in total. The zero-order valence-corrected chi connectivity index (χ0v) is 18.3. The van der Waals surface area contributed by atoms with Gasteiger partial charge in [-0.15, -0.1) is 0 Å². The number of anilines is 1. The number of hydrogen-bond donors (Lipinski definition) is 1. The first kappa shape index (κ1) is 21.0. The van der Waals surface area contributed by atoms with E-state index in [0.29, 0.717) is 35.0 Å². The second-order valence-electron chi connectivity index (χ2n) is 8.10. The molecule has 170 valence electrons. The van der Waals surface area contributed by atoms with Gasteiger partial charge in [-0.2, -0.15) is 0 Å². The molecular formula is C24H24FN5O3. The van der Waals surface area contributed by atoms with Gasteiger partial charge in [0, 0.05) is 55.7 Å². The quantitative estimate of drug-likeness (QED) is 0.507. The topological polar surface area (TPSA) is 83.5 Å². The number of H-pyrrole nitrogens is 1. The Balaban J connectivity index is 1.22. The fourth-order valence-corrected chi connectivity index (χ4v) is 4.30. The zero-order valence-electron chi connectivity index (χ0n) is 18.3. The number of carbonyl (C=O) groups is 1. The minimum Gasteiger partial charge on any atom is -0.497 e. The van der Waals surface area contributed by atoms with E-state index in [1.165, 1.54) is 23.0 Å². The molecule has 1 saturated heterocycles. The van der Waals surface area contributed by atoms with E-state index in [1.807, 2.05) is 29.2 Å². The first-order chi connectivity index (χ1) is 16.0. The van der Waals surface area contributed by atoms with Crippen LogP contribution in [0.2, 0.25) is 0 Å². The van der Waals surface area contributed by atoms with Gasteiger partial charge in [-0.05, 0) is 42.5 Å². The van der Waals surface area contributed by atoms with Gasteiger partial charge in [0.25, 0.3) is 5.56 Å². The fourth-order valence-electron chi connectivity index (χ4n) is 4.30. The lowest BCUT2D eigenvalue weighted by atomic mass is 10.2. The van der Waals surface area contributed by atoms with Crippen molar-refractivity contribution in [3.63, 3.8) is 0 Å². The highest BCUT2D eigenvalue weighted by Gasteiger charge is 2.21. The summed E-state index contributed by atoms with van der Waals surface area (Å²) in [7, 11) is 1.64. The minimum absolute atomic E-state index is 0.00935. The molecular weight excluding hydrogens is 425 g/mol. The van der Waals surface area contributed by atoms with Crippen LogP contribution in [0, 0.1) is 5.82 Å². The van der Waals surface area contributed by atoms with Gasteiger partial charge in [-0.1, -0.05) is 0 Å². The number of aryl methyl sites for hydroxylation is 1. The van der Waals surface area contributed by atoms with E-state index in [2.05, 4.69) is 14.9 Å². The van der Waals surface area contributed by atoms with Crippen molar-refractivity contribution < 1.29 is 13.9 Å².